The first-order chi connectivity index (χ1) is 6.72. The second kappa shape index (κ2) is 5.65. The third-order valence-corrected chi connectivity index (χ3v) is 2.08. The number of halogens is 1. The van der Waals surface area contributed by atoms with Gasteiger partial charge in [0.2, 0.25) is 5.91 Å². The van der Waals surface area contributed by atoms with Gasteiger partial charge >= 0.3 is 0 Å². The van der Waals surface area contributed by atoms with Gasteiger partial charge in [-0.15, -0.1) is 0 Å². The van der Waals surface area contributed by atoms with Crippen LogP contribution in [-0.4, -0.2) is 18.2 Å². The van der Waals surface area contributed by atoms with E-state index in [4.69, 9.17) is 0 Å². The van der Waals surface area contributed by atoms with Gasteiger partial charge in [-0.1, -0.05) is 12.1 Å². The standard InChI is InChI=1S/C10H12FNOS/c11-9-3-1-8(2-4-9)5-6-12-10(13)7-14/h1-4,14H,5-7H2,(H,12,13). The number of amides is 1. The third kappa shape index (κ3) is 3.79. The molecule has 76 valence electrons. The number of hydrogen-bond donors (Lipinski definition) is 2. The SMILES string of the molecule is O=C(CS)NCCc1ccc(F)cc1. The summed E-state index contributed by atoms with van der Waals surface area (Å²) in [4.78, 5) is 10.8. The van der Waals surface area contributed by atoms with Gasteiger partial charge in [0, 0.05) is 6.54 Å². The molecular formula is C10H12FNOS. The predicted molar refractivity (Wildman–Crippen MR) is 57.0 cm³/mol. The fraction of sp³-hybridized carbons (Fsp3) is 0.300. The van der Waals surface area contributed by atoms with E-state index >= 15 is 0 Å². The predicted octanol–water partition coefficient (Wildman–Crippen LogP) is 1.41. The molecule has 1 aromatic carbocycles. The number of carbonyl (C=O) groups is 1. The minimum atomic E-state index is -0.242. The Bertz CT molecular complexity index is 299. The molecular weight excluding hydrogens is 201 g/mol. The molecule has 0 saturated carbocycles. The Labute approximate surface area is 87.9 Å². The summed E-state index contributed by atoms with van der Waals surface area (Å²) in [7, 11) is 0. The maximum absolute atomic E-state index is 12.5. The van der Waals surface area contributed by atoms with Crippen LogP contribution in [0.2, 0.25) is 0 Å². The first kappa shape index (κ1) is 11.0. The van der Waals surface area contributed by atoms with Crippen LogP contribution < -0.4 is 5.32 Å². The molecule has 1 N–H and O–H groups in total. The van der Waals surface area contributed by atoms with Crippen LogP contribution in [0.3, 0.4) is 0 Å². The number of thiol groups is 1. The molecule has 0 aromatic heterocycles. The molecule has 1 aromatic rings. The van der Waals surface area contributed by atoms with E-state index in [0.29, 0.717) is 13.0 Å². The summed E-state index contributed by atoms with van der Waals surface area (Å²) in [5.74, 6) is -0.132. The van der Waals surface area contributed by atoms with Crippen LogP contribution in [0.15, 0.2) is 24.3 Å². The molecule has 0 fully saturated rings. The van der Waals surface area contributed by atoms with Gasteiger partial charge < -0.3 is 5.32 Å². The molecule has 0 aliphatic carbocycles. The second-order valence-corrected chi connectivity index (χ2v) is 3.20. The Morgan fingerprint density at radius 2 is 2.00 bits per heavy atom. The van der Waals surface area contributed by atoms with Crippen LogP contribution >= 0.6 is 12.6 Å². The molecule has 0 radical (unpaired) electrons. The highest BCUT2D eigenvalue weighted by Crippen LogP contribution is 2.02. The second-order valence-electron chi connectivity index (χ2n) is 2.88. The van der Waals surface area contributed by atoms with Crippen molar-refractivity contribution in [1.29, 1.82) is 0 Å². The average molecular weight is 213 g/mol. The van der Waals surface area contributed by atoms with Crippen molar-refractivity contribution in [3.8, 4) is 0 Å². The van der Waals surface area contributed by atoms with Gasteiger partial charge in [-0.2, -0.15) is 12.6 Å². The van der Waals surface area contributed by atoms with Crippen LogP contribution in [0.1, 0.15) is 5.56 Å². The number of benzene rings is 1. The molecule has 0 bridgehead atoms. The van der Waals surface area contributed by atoms with Crippen LogP contribution in [0.25, 0.3) is 0 Å². The van der Waals surface area contributed by atoms with E-state index in [1.54, 1.807) is 12.1 Å². The molecule has 0 saturated heterocycles. The van der Waals surface area contributed by atoms with E-state index < -0.39 is 0 Å². The number of rotatable bonds is 4. The molecule has 0 aliphatic heterocycles. The van der Waals surface area contributed by atoms with E-state index in [9.17, 15) is 9.18 Å². The lowest BCUT2D eigenvalue weighted by Crippen LogP contribution is -2.26. The van der Waals surface area contributed by atoms with Crippen LogP contribution in [0, 0.1) is 5.82 Å². The Morgan fingerprint density at radius 3 is 2.57 bits per heavy atom. The van der Waals surface area contributed by atoms with E-state index in [-0.39, 0.29) is 17.5 Å². The van der Waals surface area contributed by atoms with Crippen LogP contribution in [-0.2, 0) is 11.2 Å². The van der Waals surface area contributed by atoms with Crippen molar-refractivity contribution in [1.82, 2.24) is 5.32 Å². The summed E-state index contributed by atoms with van der Waals surface area (Å²) in [6.45, 7) is 0.561. The monoisotopic (exact) mass is 213 g/mol. The maximum Gasteiger partial charge on any atom is 0.229 e. The minimum Gasteiger partial charge on any atom is -0.355 e. The van der Waals surface area contributed by atoms with E-state index in [0.717, 1.165) is 5.56 Å². The quantitative estimate of drug-likeness (QED) is 0.728. The van der Waals surface area contributed by atoms with Crippen molar-refractivity contribution >= 4 is 18.5 Å². The molecule has 0 atom stereocenters. The fourth-order valence-electron chi connectivity index (χ4n) is 1.05. The van der Waals surface area contributed by atoms with Gasteiger partial charge in [-0.05, 0) is 24.1 Å². The molecule has 4 heteroatoms. The third-order valence-electron chi connectivity index (χ3n) is 1.79. The molecule has 0 heterocycles. The van der Waals surface area contributed by atoms with E-state index in [1.807, 2.05) is 0 Å². The topological polar surface area (TPSA) is 29.1 Å². The zero-order chi connectivity index (χ0) is 10.4. The number of nitrogens with one attached hydrogen (secondary N) is 1. The van der Waals surface area contributed by atoms with Gasteiger partial charge in [0.25, 0.3) is 0 Å². The molecule has 0 aliphatic rings. The van der Waals surface area contributed by atoms with Crippen LogP contribution in [0.4, 0.5) is 4.39 Å². The Balaban J connectivity index is 2.31. The summed E-state index contributed by atoms with van der Waals surface area (Å²) in [6.07, 6.45) is 0.708. The van der Waals surface area contributed by atoms with Crippen molar-refractivity contribution in [2.75, 3.05) is 12.3 Å². The van der Waals surface area contributed by atoms with Gasteiger partial charge in [0.05, 0.1) is 5.75 Å². The Hall–Kier alpha value is -1.03. The molecule has 1 rings (SSSR count). The van der Waals surface area contributed by atoms with E-state index in [2.05, 4.69) is 17.9 Å². The van der Waals surface area contributed by atoms with Crippen molar-refractivity contribution in [2.24, 2.45) is 0 Å². The minimum absolute atomic E-state index is 0.0876. The summed E-state index contributed by atoms with van der Waals surface area (Å²) in [5.41, 5.74) is 1.01. The highest BCUT2D eigenvalue weighted by Gasteiger charge is 1.97. The largest absolute Gasteiger partial charge is 0.355 e. The van der Waals surface area contributed by atoms with Crippen molar-refractivity contribution < 1.29 is 9.18 Å². The smallest absolute Gasteiger partial charge is 0.229 e. The zero-order valence-electron chi connectivity index (χ0n) is 7.66. The average Bonchev–Trinajstić information content (AvgIpc) is 2.21. The number of hydrogen-bond acceptors (Lipinski definition) is 2. The summed E-state index contributed by atoms with van der Waals surface area (Å²) in [6, 6.07) is 6.25. The lowest BCUT2D eigenvalue weighted by atomic mass is 10.1. The molecule has 14 heavy (non-hydrogen) atoms. The van der Waals surface area contributed by atoms with Gasteiger partial charge in [0.15, 0.2) is 0 Å². The van der Waals surface area contributed by atoms with Crippen LogP contribution in [0.5, 0.6) is 0 Å². The van der Waals surface area contributed by atoms with E-state index in [1.165, 1.54) is 12.1 Å². The lowest BCUT2D eigenvalue weighted by Gasteiger charge is -2.03. The molecule has 1 amide bonds. The lowest BCUT2D eigenvalue weighted by molar-refractivity contribution is -0.118. The first-order valence-electron chi connectivity index (χ1n) is 4.34. The van der Waals surface area contributed by atoms with Crippen molar-refractivity contribution in [2.45, 2.75) is 6.42 Å². The Kier molecular flexibility index (Phi) is 4.46. The molecule has 0 spiro atoms. The summed E-state index contributed by atoms with van der Waals surface area (Å²) >= 11 is 3.83. The number of carbonyl (C=O) groups excluding carboxylic acids is 1. The fourth-order valence-corrected chi connectivity index (χ4v) is 1.17. The van der Waals surface area contributed by atoms with Crippen molar-refractivity contribution in [3.05, 3.63) is 35.6 Å². The zero-order valence-corrected chi connectivity index (χ0v) is 8.56. The first-order valence-corrected chi connectivity index (χ1v) is 4.97. The van der Waals surface area contributed by atoms with Gasteiger partial charge in [-0.3, -0.25) is 4.79 Å². The molecule has 2 nitrogen and oxygen atoms in total. The Morgan fingerprint density at radius 1 is 1.36 bits per heavy atom. The maximum atomic E-state index is 12.5. The summed E-state index contributed by atoms with van der Waals surface area (Å²) in [5, 5.41) is 2.69. The van der Waals surface area contributed by atoms with Crippen molar-refractivity contribution in [3.63, 3.8) is 0 Å². The highest BCUT2D eigenvalue weighted by molar-refractivity contribution is 7.81. The normalized spacial score (nSPS) is 9.86. The molecule has 0 unspecified atom stereocenters. The highest BCUT2D eigenvalue weighted by atomic mass is 32.1. The van der Waals surface area contributed by atoms with Gasteiger partial charge in [-0.25, -0.2) is 4.39 Å². The van der Waals surface area contributed by atoms with Gasteiger partial charge in [0.1, 0.15) is 5.82 Å². The summed E-state index contributed by atoms with van der Waals surface area (Å²) < 4.78 is 12.5.